The van der Waals surface area contributed by atoms with E-state index >= 15 is 0 Å². The quantitative estimate of drug-likeness (QED) is 0.662. The van der Waals surface area contributed by atoms with Crippen molar-refractivity contribution < 1.29 is 18.9 Å². The van der Waals surface area contributed by atoms with Gasteiger partial charge in [-0.25, -0.2) is 0 Å². The number of aromatic nitrogens is 1. The molecule has 0 radical (unpaired) electrons. The Morgan fingerprint density at radius 2 is 1.68 bits per heavy atom. The predicted octanol–water partition coefficient (Wildman–Crippen LogP) is 2.34. The highest BCUT2D eigenvalue weighted by atomic mass is 16.5. The third-order valence-corrected chi connectivity index (χ3v) is 5.86. The number of hydrogen-bond donors (Lipinski definition) is 0. The van der Waals surface area contributed by atoms with E-state index in [0.29, 0.717) is 50.3 Å². The fourth-order valence-electron chi connectivity index (χ4n) is 4.30. The number of carbonyl (C=O) groups is 3. The molecule has 2 aliphatic heterocycles. The maximum absolute atomic E-state index is 13.5. The molecule has 1 saturated heterocycles. The van der Waals surface area contributed by atoms with Gasteiger partial charge in [0.15, 0.2) is 5.76 Å². The first-order chi connectivity index (χ1) is 14.8. The summed E-state index contributed by atoms with van der Waals surface area (Å²) in [6.07, 6.45) is 0.446. The molecule has 0 N–H and O–H groups in total. The fourth-order valence-corrected chi connectivity index (χ4v) is 4.30. The van der Waals surface area contributed by atoms with E-state index in [1.807, 2.05) is 26.8 Å². The average Bonchev–Trinajstić information content (AvgIpc) is 3.27. The molecule has 0 saturated carbocycles. The third-order valence-electron chi connectivity index (χ3n) is 5.86. The standard InChI is InChI=1S/C23H28N4O4/c1-15(2)12-20(27-21(28)18-6-4-5-7-19(18)22(27)29)23(30)26-10-8-25(9-11-26)14-17-13-16(3)24-31-17/h4-7,13,15,20H,8-12,14H2,1-3H3. The second kappa shape index (κ2) is 8.63. The smallest absolute Gasteiger partial charge is 0.262 e. The lowest BCUT2D eigenvalue weighted by atomic mass is 10.0. The molecule has 1 atom stereocenters. The van der Waals surface area contributed by atoms with Crippen LogP contribution in [0.5, 0.6) is 0 Å². The summed E-state index contributed by atoms with van der Waals surface area (Å²) in [6, 6.07) is 7.91. The summed E-state index contributed by atoms with van der Waals surface area (Å²) in [5, 5.41) is 3.92. The molecular formula is C23H28N4O4. The van der Waals surface area contributed by atoms with Crippen LogP contribution >= 0.6 is 0 Å². The van der Waals surface area contributed by atoms with Gasteiger partial charge in [0.05, 0.1) is 23.4 Å². The van der Waals surface area contributed by atoms with E-state index in [4.69, 9.17) is 4.52 Å². The lowest BCUT2D eigenvalue weighted by Gasteiger charge is -2.37. The van der Waals surface area contributed by atoms with E-state index in [0.717, 1.165) is 11.5 Å². The number of rotatable bonds is 6. The molecule has 4 rings (SSSR count). The Morgan fingerprint density at radius 3 is 2.19 bits per heavy atom. The molecule has 2 aliphatic rings. The summed E-state index contributed by atoms with van der Waals surface area (Å²) in [5.74, 6) is 0.0615. The average molecular weight is 425 g/mol. The molecule has 0 bridgehead atoms. The molecular weight excluding hydrogens is 396 g/mol. The number of fused-ring (bicyclic) bond motifs is 1. The van der Waals surface area contributed by atoms with Gasteiger partial charge in [-0.15, -0.1) is 0 Å². The molecule has 1 aromatic heterocycles. The van der Waals surface area contributed by atoms with Crippen molar-refractivity contribution in [2.45, 2.75) is 39.8 Å². The van der Waals surface area contributed by atoms with Gasteiger partial charge in [0.25, 0.3) is 11.8 Å². The van der Waals surface area contributed by atoms with Crippen LogP contribution in [-0.2, 0) is 11.3 Å². The second-order valence-corrected chi connectivity index (χ2v) is 8.71. The van der Waals surface area contributed by atoms with E-state index in [-0.39, 0.29) is 23.6 Å². The number of piperazine rings is 1. The molecule has 8 heteroatoms. The second-order valence-electron chi connectivity index (χ2n) is 8.71. The molecule has 2 aromatic rings. The zero-order chi connectivity index (χ0) is 22.1. The van der Waals surface area contributed by atoms with Crippen molar-refractivity contribution in [3.05, 3.63) is 52.9 Å². The highest BCUT2D eigenvalue weighted by Crippen LogP contribution is 2.28. The van der Waals surface area contributed by atoms with Crippen LogP contribution in [0.15, 0.2) is 34.9 Å². The molecule has 1 aromatic carbocycles. The Morgan fingerprint density at radius 1 is 1.06 bits per heavy atom. The first-order valence-corrected chi connectivity index (χ1v) is 10.8. The number of nitrogens with zero attached hydrogens (tertiary/aromatic N) is 4. The first kappa shape index (κ1) is 21.2. The fraction of sp³-hybridized carbons (Fsp3) is 0.478. The van der Waals surface area contributed by atoms with Crippen LogP contribution in [0.2, 0.25) is 0 Å². The van der Waals surface area contributed by atoms with Gasteiger partial charge in [-0.1, -0.05) is 31.1 Å². The predicted molar refractivity (Wildman–Crippen MR) is 113 cm³/mol. The zero-order valence-corrected chi connectivity index (χ0v) is 18.2. The van der Waals surface area contributed by atoms with E-state index in [9.17, 15) is 14.4 Å². The minimum atomic E-state index is -0.782. The van der Waals surface area contributed by atoms with Crippen LogP contribution < -0.4 is 0 Å². The monoisotopic (exact) mass is 424 g/mol. The van der Waals surface area contributed by atoms with Gasteiger partial charge in [-0.2, -0.15) is 0 Å². The molecule has 0 aliphatic carbocycles. The van der Waals surface area contributed by atoms with Crippen LogP contribution in [0, 0.1) is 12.8 Å². The van der Waals surface area contributed by atoms with Crippen molar-refractivity contribution in [1.82, 2.24) is 19.9 Å². The number of carbonyl (C=O) groups excluding carboxylic acids is 3. The van der Waals surface area contributed by atoms with Crippen molar-refractivity contribution in [3.8, 4) is 0 Å². The molecule has 3 amide bonds. The van der Waals surface area contributed by atoms with Crippen LogP contribution in [0.3, 0.4) is 0 Å². The normalized spacial score (nSPS) is 18.1. The molecule has 31 heavy (non-hydrogen) atoms. The van der Waals surface area contributed by atoms with Gasteiger partial charge >= 0.3 is 0 Å². The summed E-state index contributed by atoms with van der Waals surface area (Å²) in [7, 11) is 0. The third kappa shape index (κ3) is 4.25. The largest absolute Gasteiger partial charge is 0.360 e. The van der Waals surface area contributed by atoms with E-state index < -0.39 is 6.04 Å². The lowest BCUT2D eigenvalue weighted by molar-refractivity contribution is -0.137. The molecule has 0 spiro atoms. The van der Waals surface area contributed by atoms with Crippen molar-refractivity contribution in [2.24, 2.45) is 5.92 Å². The van der Waals surface area contributed by atoms with E-state index in [1.54, 1.807) is 29.2 Å². The minimum Gasteiger partial charge on any atom is -0.360 e. The first-order valence-electron chi connectivity index (χ1n) is 10.8. The molecule has 3 heterocycles. The van der Waals surface area contributed by atoms with Crippen LogP contribution in [-0.4, -0.2) is 69.8 Å². The van der Waals surface area contributed by atoms with Crippen molar-refractivity contribution in [1.29, 1.82) is 0 Å². The number of hydrogen-bond acceptors (Lipinski definition) is 6. The summed E-state index contributed by atoms with van der Waals surface area (Å²) in [4.78, 5) is 44.6. The Labute approximate surface area is 181 Å². The van der Waals surface area contributed by atoms with Crippen LogP contribution in [0.1, 0.15) is 52.4 Å². The molecule has 1 unspecified atom stereocenters. The number of aryl methyl sites for hydroxylation is 1. The number of benzene rings is 1. The van der Waals surface area contributed by atoms with E-state index in [2.05, 4.69) is 10.1 Å². The Hall–Kier alpha value is -3.00. The maximum Gasteiger partial charge on any atom is 0.262 e. The maximum atomic E-state index is 13.5. The van der Waals surface area contributed by atoms with Gasteiger partial charge in [-0.3, -0.25) is 24.2 Å². The Balaban J connectivity index is 1.46. The molecule has 8 nitrogen and oxygen atoms in total. The lowest BCUT2D eigenvalue weighted by Crippen LogP contribution is -2.56. The summed E-state index contributed by atoms with van der Waals surface area (Å²) >= 11 is 0. The number of imide groups is 1. The van der Waals surface area contributed by atoms with Gasteiger partial charge < -0.3 is 9.42 Å². The minimum absolute atomic E-state index is 0.154. The SMILES string of the molecule is Cc1cc(CN2CCN(C(=O)C(CC(C)C)N3C(=O)c4ccccc4C3=O)CC2)on1. The topological polar surface area (TPSA) is 87.0 Å². The van der Waals surface area contributed by atoms with Crippen LogP contribution in [0.4, 0.5) is 0 Å². The Bertz CT molecular complexity index is 956. The van der Waals surface area contributed by atoms with Gasteiger partial charge in [0.1, 0.15) is 6.04 Å². The van der Waals surface area contributed by atoms with Crippen LogP contribution in [0.25, 0.3) is 0 Å². The van der Waals surface area contributed by atoms with Crippen molar-refractivity contribution >= 4 is 17.7 Å². The van der Waals surface area contributed by atoms with Gasteiger partial charge in [0.2, 0.25) is 5.91 Å². The Kier molecular flexibility index (Phi) is 5.91. The van der Waals surface area contributed by atoms with E-state index in [1.165, 1.54) is 4.90 Å². The van der Waals surface area contributed by atoms with Crippen molar-refractivity contribution in [2.75, 3.05) is 26.2 Å². The van der Waals surface area contributed by atoms with Gasteiger partial charge in [0, 0.05) is 32.2 Å². The highest BCUT2D eigenvalue weighted by molar-refractivity contribution is 6.22. The molecule has 164 valence electrons. The molecule has 1 fully saturated rings. The van der Waals surface area contributed by atoms with Crippen molar-refractivity contribution in [3.63, 3.8) is 0 Å². The van der Waals surface area contributed by atoms with Gasteiger partial charge in [-0.05, 0) is 31.4 Å². The summed E-state index contributed by atoms with van der Waals surface area (Å²) in [5.41, 5.74) is 1.60. The number of amides is 3. The highest BCUT2D eigenvalue weighted by Gasteiger charge is 2.44. The summed E-state index contributed by atoms with van der Waals surface area (Å²) in [6.45, 7) is 9.01. The summed E-state index contributed by atoms with van der Waals surface area (Å²) < 4.78 is 5.29. The zero-order valence-electron chi connectivity index (χ0n) is 18.2.